The minimum absolute atomic E-state index is 0.0183. The number of carbonyl (C=O) groups is 1. The topological polar surface area (TPSA) is 123 Å². The van der Waals surface area contributed by atoms with Crippen LogP contribution in [0, 0.1) is 0 Å². The smallest absolute Gasteiger partial charge is 0.330 e. The summed E-state index contributed by atoms with van der Waals surface area (Å²) in [7, 11) is 1.29. The second kappa shape index (κ2) is 6.80. The normalized spacial score (nSPS) is 10.8. The van der Waals surface area contributed by atoms with E-state index in [0.29, 0.717) is 11.1 Å². The lowest BCUT2D eigenvalue weighted by molar-refractivity contribution is -0.134. The molecule has 0 aliphatic carbocycles. The molecule has 0 heterocycles. The van der Waals surface area contributed by atoms with Gasteiger partial charge in [0, 0.05) is 11.6 Å². The summed E-state index contributed by atoms with van der Waals surface area (Å²) < 4.78 is 4.47. The molecule has 0 aliphatic heterocycles. The fourth-order valence-electron chi connectivity index (χ4n) is 1.17. The molecule has 0 saturated heterocycles. The van der Waals surface area contributed by atoms with E-state index in [2.05, 4.69) is 14.9 Å². The third-order valence-electron chi connectivity index (χ3n) is 2.03. The van der Waals surface area contributed by atoms with Crippen molar-refractivity contribution in [2.45, 2.75) is 0 Å². The Bertz CT molecular complexity index is 546. The van der Waals surface area contributed by atoms with Crippen molar-refractivity contribution < 1.29 is 14.6 Å². The average molecular weight is 262 g/mol. The van der Waals surface area contributed by atoms with Gasteiger partial charge in [0.25, 0.3) is 0 Å². The van der Waals surface area contributed by atoms with Crippen molar-refractivity contribution in [3.8, 4) is 5.75 Å². The van der Waals surface area contributed by atoms with Gasteiger partial charge in [-0.1, -0.05) is 6.07 Å². The fourth-order valence-corrected chi connectivity index (χ4v) is 1.17. The number of aromatic hydroxyl groups is 1. The summed E-state index contributed by atoms with van der Waals surface area (Å²) >= 11 is 0. The van der Waals surface area contributed by atoms with Crippen molar-refractivity contribution in [1.82, 2.24) is 0 Å². The van der Waals surface area contributed by atoms with E-state index in [1.165, 1.54) is 25.5 Å². The summed E-state index contributed by atoms with van der Waals surface area (Å²) in [5.74, 6) is -0.633. The van der Waals surface area contributed by atoms with Crippen LogP contribution in [0.1, 0.15) is 11.1 Å². The molecule has 1 aromatic carbocycles. The van der Waals surface area contributed by atoms with Crippen LogP contribution in [0.3, 0.4) is 0 Å². The van der Waals surface area contributed by atoms with Crippen LogP contribution >= 0.6 is 0 Å². The predicted molar refractivity (Wildman–Crippen MR) is 72.6 cm³/mol. The van der Waals surface area contributed by atoms with Crippen LogP contribution in [0.4, 0.5) is 0 Å². The number of benzene rings is 1. The second-order valence-corrected chi connectivity index (χ2v) is 3.44. The molecule has 0 aromatic heterocycles. The van der Waals surface area contributed by atoms with Gasteiger partial charge in [0.05, 0.1) is 13.3 Å². The molecule has 0 fully saturated rings. The summed E-state index contributed by atoms with van der Waals surface area (Å²) in [6.07, 6.45) is 4.11. The SMILES string of the molecule is COC(=O)C=Cc1ccc(O)c(C=NN=C(N)N)c1. The zero-order valence-electron chi connectivity index (χ0n) is 10.3. The quantitative estimate of drug-likeness (QED) is 0.235. The van der Waals surface area contributed by atoms with Gasteiger partial charge < -0.3 is 21.3 Å². The Hall–Kier alpha value is -2.83. The third-order valence-corrected chi connectivity index (χ3v) is 2.03. The number of rotatable bonds is 4. The summed E-state index contributed by atoms with van der Waals surface area (Å²) in [6, 6.07) is 4.71. The highest BCUT2D eigenvalue weighted by molar-refractivity contribution is 5.89. The molecule has 19 heavy (non-hydrogen) atoms. The fraction of sp³-hybridized carbons (Fsp3) is 0.0833. The first-order valence-electron chi connectivity index (χ1n) is 5.24. The molecule has 0 aliphatic rings. The van der Waals surface area contributed by atoms with Crippen molar-refractivity contribution in [2.24, 2.45) is 21.7 Å². The van der Waals surface area contributed by atoms with Gasteiger partial charge in [-0.05, 0) is 23.8 Å². The zero-order valence-corrected chi connectivity index (χ0v) is 10.3. The Labute approximate surface area is 109 Å². The summed E-state index contributed by atoms with van der Waals surface area (Å²) in [5, 5.41) is 16.6. The van der Waals surface area contributed by atoms with Crippen LogP contribution < -0.4 is 11.5 Å². The van der Waals surface area contributed by atoms with Gasteiger partial charge in [0.15, 0.2) is 0 Å². The van der Waals surface area contributed by atoms with Crippen LogP contribution in [0.25, 0.3) is 6.08 Å². The number of methoxy groups -OCH3 is 1. The molecule has 0 saturated carbocycles. The number of esters is 1. The average Bonchev–Trinajstić information content (AvgIpc) is 2.38. The van der Waals surface area contributed by atoms with E-state index >= 15 is 0 Å². The molecular formula is C12H14N4O3. The van der Waals surface area contributed by atoms with Crippen LogP contribution in [-0.2, 0) is 9.53 Å². The number of guanidine groups is 1. The van der Waals surface area contributed by atoms with Crippen LogP contribution in [0.2, 0.25) is 0 Å². The highest BCUT2D eigenvalue weighted by atomic mass is 16.5. The molecule has 5 N–H and O–H groups in total. The van der Waals surface area contributed by atoms with Gasteiger partial charge in [0.1, 0.15) is 5.75 Å². The van der Waals surface area contributed by atoms with E-state index in [9.17, 15) is 9.90 Å². The Kier molecular flexibility index (Phi) is 5.09. The maximum Gasteiger partial charge on any atom is 0.330 e. The lowest BCUT2D eigenvalue weighted by atomic mass is 10.1. The lowest BCUT2D eigenvalue weighted by Gasteiger charge is -2.00. The summed E-state index contributed by atoms with van der Waals surface area (Å²) in [5.41, 5.74) is 11.3. The number of phenolic OH excluding ortho intramolecular Hbond substituents is 1. The third kappa shape index (κ3) is 4.90. The Morgan fingerprint density at radius 3 is 2.79 bits per heavy atom. The van der Waals surface area contributed by atoms with Gasteiger partial charge >= 0.3 is 5.97 Å². The Morgan fingerprint density at radius 2 is 2.16 bits per heavy atom. The number of hydrogen-bond donors (Lipinski definition) is 3. The van der Waals surface area contributed by atoms with E-state index < -0.39 is 5.97 Å². The first kappa shape index (κ1) is 14.2. The highest BCUT2D eigenvalue weighted by Gasteiger charge is 1.99. The van der Waals surface area contributed by atoms with E-state index in [-0.39, 0.29) is 11.7 Å². The largest absolute Gasteiger partial charge is 0.507 e. The first-order chi connectivity index (χ1) is 9.02. The molecule has 100 valence electrons. The standard InChI is InChI=1S/C12H14N4O3/c1-19-11(18)5-3-8-2-4-10(17)9(6-8)7-15-16-12(13)14/h2-7,17H,1H3,(H4,13,14,16). The molecule has 0 amide bonds. The van der Waals surface area contributed by atoms with Crippen molar-refractivity contribution in [3.63, 3.8) is 0 Å². The number of nitrogens with zero attached hydrogens (tertiary/aromatic N) is 2. The molecule has 0 atom stereocenters. The second-order valence-electron chi connectivity index (χ2n) is 3.44. The van der Waals surface area contributed by atoms with Crippen molar-refractivity contribution >= 4 is 24.2 Å². The Morgan fingerprint density at radius 1 is 1.42 bits per heavy atom. The molecule has 0 radical (unpaired) electrons. The summed E-state index contributed by atoms with van der Waals surface area (Å²) in [4.78, 5) is 11.0. The van der Waals surface area contributed by atoms with Gasteiger partial charge in [-0.25, -0.2) is 4.79 Å². The molecule has 0 bridgehead atoms. The minimum Gasteiger partial charge on any atom is -0.507 e. The van der Waals surface area contributed by atoms with Crippen LogP contribution in [0.15, 0.2) is 34.5 Å². The van der Waals surface area contributed by atoms with Gasteiger partial charge in [-0.2, -0.15) is 5.10 Å². The summed E-state index contributed by atoms with van der Waals surface area (Å²) in [6.45, 7) is 0. The minimum atomic E-state index is -0.469. The van der Waals surface area contributed by atoms with Crippen LogP contribution in [0.5, 0.6) is 5.75 Å². The van der Waals surface area contributed by atoms with Crippen molar-refractivity contribution in [2.75, 3.05) is 7.11 Å². The number of carbonyl (C=O) groups excluding carboxylic acids is 1. The number of nitrogens with two attached hydrogens (primary N) is 2. The van der Waals surface area contributed by atoms with E-state index in [0.717, 1.165) is 0 Å². The molecular weight excluding hydrogens is 248 g/mol. The maximum absolute atomic E-state index is 11.0. The van der Waals surface area contributed by atoms with Crippen molar-refractivity contribution in [1.29, 1.82) is 0 Å². The molecule has 0 spiro atoms. The molecule has 1 aromatic rings. The van der Waals surface area contributed by atoms with Gasteiger partial charge in [0.2, 0.25) is 5.96 Å². The maximum atomic E-state index is 11.0. The lowest BCUT2D eigenvalue weighted by Crippen LogP contribution is -2.21. The van der Waals surface area contributed by atoms with Crippen molar-refractivity contribution in [3.05, 3.63) is 35.4 Å². The monoisotopic (exact) mass is 262 g/mol. The van der Waals surface area contributed by atoms with Gasteiger partial charge in [-0.3, -0.25) is 0 Å². The van der Waals surface area contributed by atoms with E-state index in [1.807, 2.05) is 0 Å². The number of hydrogen-bond acceptors (Lipinski definition) is 5. The van der Waals surface area contributed by atoms with E-state index in [1.54, 1.807) is 18.2 Å². The van der Waals surface area contributed by atoms with E-state index in [4.69, 9.17) is 11.5 Å². The number of phenols is 1. The van der Waals surface area contributed by atoms with Gasteiger partial charge in [-0.15, -0.1) is 5.10 Å². The Balaban J connectivity index is 2.94. The molecule has 1 rings (SSSR count). The molecule has 7 nitrogen and oxygen atoms in total. The molecule has 7 heteroatoms. The zero-order chi connectivity index (χ0) is 14.3. The molecule has 0 unspecified atom stereocenters. The first-order valence-corrected chi connectivity index (χ1v) is 5.24. The van der Waals surface area contributed by atoms with Crippen LogP contribution in [-0.4, -0.2) is 30.4 Å². The predicted octanol–water partition coefficient (Wildman–Crippen LogP) is 0.186. The number of ether oxygens (including phenoxy) is 1. The highest BCUT2D eigenvalue weighted by Crippen LogP contribution is 2.17.